The maximum atomic E-state index is 13.8. The summed E-state index contributed by atoms with van der Waals surface area (Å²) < 4.78 is 33.9. The van der Waals surface area contributed by atoms with Crippen LogP contribution in [0.1, 0.15) is 55.3 Å². The average Bonchev–Trinajstić information content (AvgIpc) is 3.78. The van der Waals surface area contributed by atoms with Gasteiger partial charge in [-0.3, -0.25) is 4.79 Å². The number of piperidine rings is 1. The van der Waals surface area contributed by atoms with Gasteiger partial charge in [0.25, 0.3) is 5.91 Å². The van der Waals surface area contributed by atoms with Gasteiger partial charge < -0.3 is 24.6 Å². The van der Waals surface area contributed by atoms with E-state index in [1.54, 1.807) is 18.4 Å². The summed E-state index contributed by atoms with van der Waals surface area (Å²) in [6.45, 7) is 3.04. The number of anilines is 3. The number of carbonyl (C=O) groups excluding carboxylic acids is 1. The predicted molar refractivity (Wildman–Crippen MR) is 152 cm³/mol. The molecule has 11 heteroatoms. The highest BCUT2D eigenvalue weighted by Crippen LogP contribution is 2.55. The summed E-state index contributed by atoms with van der Waals surface area (Å²) in [5, 5.41) is 13.0. The smallest absolute Gasteiger partial charge is 0.258 e. The van der Waals surface area contributed by atoms with Crippen molar-refractivity contribution in [2.75, 3.05) is 54.4 Å². The van der Waals surface area contributed by atoms with Crippen LogP contribution < -0.4 is 19.8 Å². The zero-order chi connectivity index (χ0) is 27.5. The first kappa shape index (κ1) is 25.8. The summed E-state index contributed by atoms with van der Waals surface area (Å²) in [5.74, 6) is 0.854. The van der Waals surface area contributed by atoms with Gasteiger partial charge in [-0.15, -0.1) is 0 Å². The van der Waals surface area contributed by atoms with Crippen LogP contribution in [0.15, 0.2) is 45.9 Å². The van der Waals surface area contributed by atoms with Crippen molar-refractivity contribution in [1.29, 1.82) is 0 Å². The van der Waals surface area contributed by atoms with Crippen molar-refractivity contribution in [2.24, 2.45) is 10.8 Å². The number of hydrogen-bond donors (Lipinski definition) is 3. The van der Waals surface area contributed by atoms with Gasteiger partial charge in [0.05, 0.1) is 29.0 Å². The molecule has 1 amide bonds. The van der Waals surface area contributed by atoms with Crippen LogP contribution in [0.5, 0.6) is 0 Å². The standard InChI is InChI=1S/C29H35N5O5S/c35-15-11-30-40(37,38)21-1-2-22(23(18-21)33-12-8-28(4-5-28)9-13-33)27(36)32-24-17-20-3-16-39-25(20)26(31-24)34-14-10-29(19-34)6-7-29/h1-3,16-18,30,35H,4-15,19H2,(H,31,32,36). The van der Waals surface area contributed by atoms with E-state index in [4.69, 9.17) is 14.5 Å². The van der Waals surface area contributed by atoms with Crippen LogP contribution in [0.4, 0.5) is 17.3 Å². The molecule has 3 aromatic rings. The molecular weight excluding hydrogens is 530 g/mol. The number of aromatic nitrogens is 1. The Morgan fingerprint density at radius 2 is 1.70 bits per heavy atom. The molecule has 2 aliphatic carbocycles. The lowest BCUT2D eigenvalue weighted by molar-refractivity contribution is 0.102. The number of rotatable bonds is 8. The van der Waals surface area contributed by atoms with Gasteiger partial charge in [-0.2, -0.15) is 0 Å². The van der Waals surface area contributed by atoms with E-state index in [1.165, 1.54) is 31.7 Å². The maximum Gasteiger partial charge on any atom is 0.258 e. The Labute approximate surface area is 233 Å². The van der Waals surface area contributed by atoms with Crippen molar-refractivity contribution in [1.82, 2.24) is 9.71 Å². The molecular formula is C29H35N5O5S. The molecule has 2 spiro atoms. The fourth-order valence-electron chi connectivity index (χ4n) is 6.42. The fraction of sp³-hybridized carbons (Fsp3) is 0.517. The predicted octanol–water partition coefficient (Wildman–Crippen LogP) is 3.72. The van der Waals surface area contributed by atoms with Crippen molar-refractivity contribution < 1.29 is 22.7 Å². The highest BCUT2D eigenvalue weighted by Gasteiger charge is 2.48. The molecule has 0 atom stereocenters. The van der Waals surface area contributed by atoms with E-state index in [-0.39, 0.29) is 24.0 Å². The minimum absolute atomic E-state index is 0.0717. The van der Waals surface area contributed by atoms with Crippen LogP contribution >= 0.6 is 0 Å². The second-order valence-corrected chi connectivity index (χ2v) is 13.9. The van der Waals surface area contributed by atoms with Crippen molar-refractivity contribution in [3.63, 3.8) is 0 Å². The number of sulfonamides is 1. The number of fused-ring (bicyclic) bond motifs is 1. The van der Waals surface area contributed by atoms with Crippen LogP contribution in [-0.2, 0) is 10.0 Å². The van der Waals surface area contributed by atoms with E-state index in [9.17, 15) is 13.2 Å². The Hall–Kier alpha value is -3.15. The monoisotopic (exact) mass is 565 g/mol. The Morgan fingerprint density at radius 1 is 0.975 bits per heavy atom. The molecule has 0 bridgehead atoms. The van der Waals surface area contributed by atoms with Crippen molar-refractivity contribution in [2.45, 2.75) is 49.8 Å². The van der Waals surface area contributed by atoms with Crippen LogP contribution in [-0.4, -0.2) is 63.7 Å². The normalized spacial score (nSPS) is 20.9. The van der Waals surface area contributed by atoms with E-state index in [0.717, 1.165) is 62.2 Å². The summed E-state index contributed by atoms with van der Waals surface area (Å²) in [6.07, 6.45) is 9.87. The van der Waals surface area contributed by atoms with Gasteiger partial charge in [-0.1, -0.05) is 0 Å². The molecule has 4 heterocycles. The zero-order valence-corrected chi connectivity index (χ0v) is 23.3. The Balaban J connectivity index is 1.20. The third-order valence-corrected chi connectivity index (χ3v) is 10.9. The SMILES string of the molecule is O=C(Nc1cc2ccoc2c(N2CCC3(CC3)C2)n1)c1ccc(S(=O)(=O)NCCO)cc1N1CCC2(CC1)CC2. The Kier molecular flexibility index (Phi) is 6.10. The molecule has 2 saturated heterocycles. The van der Waals surface area contributed by atoms with Crippen LogP contribution in [0.2, 0.25) is 0 Å². The van der Waals surface area contributed by atoms with Gasteiger partial charge in [0.2, 0.25) is 10.0 Å². The highest BCUT2D eigenvalue weighted by atomic mass is 32.2. The van der Waals surface area contributed by atoms with Gasteiger partial charge >= 0.3 is 0 Å². The number of amides is 1. The van der Waals surface area contributed by atoms with Crippen molar-refractivity contribution >= 4 is 44.2 Å². The number of pyridine rings is 1. The molecule has 40 heavy (non-hydrogen) atoms. The highest BCUT2D eigenvalue weighted by molar-refractivity contribution is 7.89. The van der Waals surface area contributed by atoms with E-state index in [2.05, 4.69) is 19.8 Å². The quantitative estimate of drug-likeness (QED) is 0.377. The van der Waals surface area contributed by atoms with Crippen LogP contribution in [0, 0.1) is 10.8 Å². The van der Waals surface area contributed by atoms with Crippen molar-refractivity contribution in [3.8, 4) is 0 Å². The second kappa shape index (κ2) is 9.46. The van der Waals surface area contributed by atoms with E-state index >= 15 is 0 Å². The first-order valence-electron chi connectivity index (χ1n) is 14.2. The molecule has 10 nitrogen and oxygen atoms in total. The first-order chi connectivity index (χ1) is 19.3. The van der Waals surface area contributed by atoms with Gasteiger partial charge in [-0.05, 0) is 86.1 Å². The van der Waals surface area contributed by atoms with Gasteiger partial charge in [-0.25, -0.2) is 18.1 Å². The number of furan rings is 1. The van der Waals surface area contributed by atoms with Gasteiger partial charge in [0, 0.05) is 38.1 Å². The third-order valence-electron chi connectivity index (χ3n) is 9.40. The molecule has 212 valence electrons. The van der Waals surface area contributed by atoms with Crippen LogP contribution in [0.25, 0.3) is 11.0 Å². The Morgan fingerprint density at radius 3 is 2.40 bits per heavy atom. The molecule has 0 radical (unpaired) electrons. The minimum atomic E-state index is -3.83. The Bertz CT molecular complexity index is 1570. The number of aliphatic hydroxyl groups is 1. The van der Waals surface area contributed by atoms with E-state index in [0.29, 0.717) is 27.9 Å². The van der Waals surface area contributed by atoms with Crippen molar-refractivity contribution in [3.05, 3.63) is 42.2 Å². The maximum absolute atomic E-state index is 13.8. The van der Waals surface area contributed by atoms with E-state index < -0.39 is 10.0 Å². The largest absolute Gasteiger partial charge is 0.460 e. The first-order valence-corrected chi connectivity index (χ1v) is 15.7. The number of nitrogens with zero attached hydrogens (tertiary/aromatic N) is 3. The molecule has 4 aliphatic rings. The second-order valence-electron chi connectivity index (χ2n) is 12.1. The van der Waals surface area contributed by atoms with E-state index in [1.807, 2.05) is 12.1 Å². The number of benzene rings is 1. The summed E-state index contributed by atoms with van der Waals surface area (Å²) in [6, 6.07) is 8.30. The number of aliphatic hydroxyl groups excluding tert-OH is 1. The molecule has 2 aromatic heterocycles. The van der Waals surface area contributed by atoms with Crippen LogP contribution in [0.3, 0.4) is 0 Å². The summed E-state index contributed by atoms with van der Waals surface area (Å²) in [7, 11) is -3.83. The summed E-state index contributed by atoms with van der Waals surface area (Å²) >= 11 is 0. The lowest BCUT2D eigenvalue weighted by atomic mass is 9.93. The average molecular weight is 566 g/mol. The number of carbonyl (C=O) groups is 1. The van der Waals surface area contributed by atoms with Gasteiger partial charge in [0.15, 0.2) is 11.4 Å². The molecule has 2 saturated carbocycles. The molecule has 4 fully saturated rings. The summed E-state index contributed by atoms with van der Waals surface area (Å²) in [4.78, 5) is 23.1. The lowest BCUT2D eigenvalue weighted by Crippen LogP contribution is -2.36. The van der Waals surface area contributed by atoms with Gasteiger partial charge in [0.1, 0.15) is 5.82 Å². The molecule has 0 unspecified atom stereocenters. The number of nitrogens with one attached hydrogen (secondary N) is 2. The lowest BCUT2D eigenvalue weighted by Gasteiger charge is -2.35. The summed E-state index contributed by atoms with van der Waals surface area (Å²) in [5.41, 5.74) is 2.57. The molecule has 3 N–H and O–H groups in total. The zero-order valence-electron chi connectivity index (χ0n) is 22.5. The topological polar surface area (TPSA) is 128 Å². The third kappa shape index (κ3) is 4.73. The molecule has 7 rings (SSSR count). The minimum Gasteiger partial charge on any atom is -0.460 e. The molecule has 1 aromatic carbocycles. The number of hydrogen-bond acceptors (Lipinski definition) is 8. The fourth-order valence-corrected chi connectivity index (χ4v) is 7.46. The molecule has 2 aliphatic heterocycles.